The Morgan fingerprint density at radius 2 is 2.24 bits per heavy atom. The predicted octanol–water partition coefficient (Wildman–Crippen LogP) is 3.23. The monoisotopic (exact) mass is 264 g/mol. The Kier molecular flexibility index (Phi) is 2.31. The van der Waals surface area contributed by atoms with E-state index in [1.807, 2.05) is 25.1 Å². The fraction of sp³-hybridized carbons (Fsp3) is 0.0909. The van der Waals surface area contributed by atoms with E-state index < -0.39 is 0 Å². The third kappa shape index (κ3) is 1.67. The number of fused-ring (bicyclic) bond motifs is 1. The molecule has 0 aliphatic heterocycles. The van der Waals surface area contributed by atoms with Gasteiger partial charge in [-0.1, -0.05) is 11.6 Å². The quantitative estimate of drug-likeness (QED) is 0.709. The number of aromatic amines is 1. The highest BCUT2D eigenvalue weighted by molar-refractivity contribution is 7.21. The summed E-state index contributed by atoms with van der Waals surface area (Å²) in [5, 5.41) is 8.41. The van der Waals surface area contributed by atoms with E-state index in [1.54, 1.807) is 11.3 Å². The zero-order valence-electron chi connectivity index (χ0n) is 8.99. The van der Waals surface area contributed by atoms with E-state index in [1.165, 1.54) is 0 Å². The topological polar surface area (TPSA) is 67.6 Å². The molecule has 0 aliphatic rings. The molecule has 0 saturated carbocycles. The SMILES string of the molecule is Cc1[nH]nc(N)c1-c1nc2ccc(Cl)cc2s1. The number of aryl methyl sites for hydroxylation is 1. The number of H-pyrrole nitrogens is 1. The van der Waals surface area contributed by atoms with Gasteiger partial charge in [-0.3, -0.25) is 5.10 Å². The molecule has 3 N–H and O–H groups in total. The van der Waals surface area contributed by atoms with Crippen molar-refractivity contribution in [3.63, 3.8) is 0 Å². The van der Waals surface area contributed by atoms with Gasteiger partial charge < -0.3 is 5.73 Å². The molecular formula is C11H9ClN4S. The smallest absolute Gasteiger partial charge is 0.155 e. The van der Waals surface area contributed by atoms with E-state index in [0.29, 0.717) is 10.8 Å². The standard InChI is InChI=1S/C11H9ClN4S/c1-5-9(10(13)16-15-5)11-14-7-3-2-6(12)4-8(7)17-11/h2-4H,1H3,(H3,13,15,16). The Balaban J connectivity index is 2.25. The normalized spacial score (nSPS) is 11.2. The van der Waals surface area contributed by atoms with Gasteiger partial charge in [-0.2, -0.15) is 5.10 Å². The second kappa shape index (κ2) is 3.72. The average Bonchev–Trinajstić information content (AvgIpc) is 2.81. The van der Waals surface area contributed by atoms with Gasteiger partial charge in [0.05, 0.1) is 15.8 Å². The van der Waals surface area contributed by atoms with Gasteiger partial charge in [0.25, 0.3) is 0 Å². The Hall–Kier alpha value is -1.59. The highest BCUT2D eigenvalue weighted by Crippen LogP contribution is 2.35. The van der Waals surface area contributed by atoms with E-state index in [9.17, 15) is 0 Å². The summed E-state index contributed by atoms with van der Waals surface area (Å²) in [7, 11) is 0. The van der Waals surface area contributed by atoms with Crippen LogP contribution in [0.15, 0.2) is 18.2 Å². The van der Waals surface area contributed by atoms with E-state index >= 15 is 0 Å². The lowest BCUT2D eigenvalue weighted by atomic mass is 10.2. The number of aromatic nitrogens is 3. The highest BCUT2D eigenvalue weighted by Gasteiger charge is 2.14. The van der Waals surface area contributed by atoms with Gasteiger partial charge in [0.2, 0.25) is 0 Å². The van der Waals surface area contributed by atoms with Crippen LogP contribution in [0.4, 0.5) is 5.82 Å². The van der Waals surface area contributed by atoms with Gasteiger partial charge in [-0.05, 0) is 25.1 Å². The zero-order valence-corrected chi connectivity index (χ0v) is 10.6. The van der Waals surface area contributed by atoms with Crippen LogP contribution in [0.5, 0.6) is 0 Å². The molecule has 0 radical (unpaired) electrons. The minimum absolute atomic E-state index is 0.479. The van der Waals surface area contributed by atoms with Crippen LogP contribution >= 0.6 is 22.9 Å². The number of hydrogen-bond donors (Lipinski definition) is 2. The van der Waals surface area contributed by atoms with E-state index in [2.05, 4.69) is 15.2 Å². The van der Waals surface area contributed by atoms with Crippen LogP contribution in [-0.4, -0.2) is 15.2 Å². The van der Waals surface area contributed by atoms with Crippen molar-refractivity contribution < 1.29 is 0 Å². The first-order valence-electron chi connectivity index (χ1n) is 5.02. The van der Waals surface area contributed by atoms with Crippen molar-refractivity contribution in [3.05, 3.63) is 28.9 Å². The first-order chi connectivity index (χ1) is 8.15. The predicted molar refractivity (Wildman–Crippen MR) is 71.4 cm³/mol. The number of nitrogen functional groups attached to an aromatic ring is 1. The summed E-state index contributed by atoms with van der Waals surface area (Å²) < 4.78 is 1.05. The maximum Gasteiger partial charge on any atom is 0.155 e. The summed E-state index contributed by atoms with van der Waals surface area (Å²) in [5.74, 6) is 0.479. The fourth-order valence-corrected chi connectivity index (χ4v) is 3.08. The number of nitrogens with two attached hydrogens (primary N) is 1. The number of hydrogen-bond acceptors (Lipinski definition) is 4. The van der Waals surface area contributed by atoms with Crippen molar-refractivity contribution in [1.82, 2.24) is 15.2 Å². The highest BCUT2D eigenvalue weighted by atomic mass is 35.5. The molecule has 4 nitrogen and oxygen atoms in total. The molecule has 0 bridgehead atoms. The molecule has 17 heavy (non-hydrogen) atoms. The molecule has 0 fully saturated rings. The Morgan fingerprint density at radius 1 is 1.41 bits per heavy atom. The van der Waals surface area contributed by atoms with Crippen LogP contribution in [0.2, 0.25) is 5.02 Å². The molecule has 2 aromatic heterocycles. The molecule has 0 amide bonds. The fourth-order valence-electron chi connectivity index (χ4n) is 1.72. The van der Waals surface area contributed by atoms with Crippen LogP contribution in [0.1, 0.15) is 5.69 Å². The largest absolute Gasteiger partial charge is 0.382 e. The first-order valence-corrected chi connectivity index (χ1v) is 6.21. The zero-order chi connectivity index (χ0) is 12.0. The second-order valence-corrected chi connectivity index (χ2v) is 5.21. The molecule has 0 atom stereocenters. The van der Waals surface area contributed by atoms with Gasteiger partial charge in [0, 0.05) is 10.7 Å². The number of thiazole rings is 1. The first kappa shape index (κ1) is 10.6. The van der Waals surface area contributed by atoms with Gasteiger partial charge in [-0.15, -0.1) is 11.3 Å². The maximum atomic E-state index is 5.95. The molecule has 3 rings (SSSR count). The van der Waals surface area contributed by atoms with Crippen molar-refractivity contribution in [2.75, 3.05) is 5.73 Å². The van der Waals surface area contributed by atoms with Crippen LogP contribution in [-0.2, 0) is 0 Å². The lowest BCUT2D eigenvalue weighted by Gasteiger charge is -1.93. The second-order valence-electron chi connectivity index (χ2n) is 3.74. The molecule has 1 aromatic carbocycles. The Bertz CT molecular complexity index is 681. The number of anilines is 1. The molecule has 3 aromatic rings. The van der Waals surface area contributed by atoms with Crippen LogP contribution in [0.25, 0.3) is 20.8 Å². The number of nitrogens with zero attached hydrogens (tertiary/aromatic N) is 2. The lowest BCUT2D eigenvalue weighted by molar-refractivity contribution is 1.05. The summed E-state index contributed by atoms with van der Waals surface area (Å²) in [6.45, 7) is 1.93. The average molecular weight is 265 g/mol. The Labute approximate surface area is 106 Å². The summed E-state index contributed by atoms with van der Waals surface area (Å²) in [6.07, 6.45) is 0. The van der Waals surface area contributed by atoms with Crippen LogP contribution < -0.4 is 5.73 Å². The number of rotatable bonds is 1. The molecule has 0 spiro atoms. The molecule has 6 heteroatoms. The summed E-state index contributed by atoms with van der Waals surface area (Å²) in [4.78, 5) is 4.54. The number of halogens is 1. The minimum Gasteiger partial charge on any atom is -0.382 e. The van der Waals surface area contributed by atoms with E-state index in [-0.39, 0.29) is 0 Å². The summed E-state index contributed by atoms with van der Waals surface area (Å²) in [5.41, 5.74) is 8.55. The lowest BCUT2D eigenvalue weighted by Crippen LogP contribution is -1.87. The number of nitrogens with one attached hydrogen (secondary N) is 1. The van der Waals surface area contributed by atoms with Gasteiger partial charge >= 0.3 is 0 Å². The summed E-state index contributed by atoms with van der Waals surface area (Å²) >= 11 is 7.51. The molecule has 86 valence electrons. The van der Waals surface area contributed by atoms with Crippen molar-refractivity contribution in [2.45, 2.75) is 6.92 Å². The van der Waals surface area contributed by atoms with Crippen molar-refractivity contribution in [2.24, 2.45) is 0 Å². The van der Waals surface area contributed by atoms with Crippen molar-refractivity contribution >= 4 is 39.0 Å². The minimum atomic E-state index is 0.479. The summed E-state index contributed by atoms with van der Waals surface area (Å²) in [6, 6.07) is 5.64. The van der Waals surface area contributed by atoms with E-state index in [0.717, 1.165) is 26.5 Å². The molecule has 0 saturated heterocycles. The van der Waals surface area contributed by atoms with Crippen molar-refractivity contribution in [1.29, 1.82) is 0 Å². The third-order valence-corrected chi connectivity index (χ3v) is 3.81. The molecule has 0 unspecified atom stereocenters. The molecule has 0 aliphatic carbocycles. The third-order valence-electron chi connectivity index (χ3n) is 2.54. The van der Waals surface area contributed by atoms with E-state index in [4.69, 9.17) is 17.3 Å². The maximum absolute atomic E-state index is 5.95. The Morgan fingerprint density at radius 3 is 2.94 bits per heavy atom. The molecule has 2 heterocycles. The van der Waals surface area contributed by atoms with Crippen LogP contribution in [0, 0.1) is 6.92 Å². The molecular weight excluding hydrogens is 256 g/mol. The number of benzene rings is 1. The van der Waals surface area contributed by atoms with Crippen LogP contribution in [0.3, 0.4) is 0 Å². The van der Waals surface area contributed by atoms with Gasteiger partial charge in [-0.25, -0.2) is 4.98 Å². The van der Waals surface area contributed by atoms with Crippen molar-refractivity contribution in [3.8, 4) is 10.6 Å². The van der Waals surface area contributed by atoms with Gasteiger partial charge in [0.1, 0.15) is 5.01 Å². The van der Waals surface area contributed by atoms with Gasteiger partial charge in [0.15, 0.2) is 5.82 Å².